The number of allylic oxidation sites excluding steroid dienone is 4. The Morgan fingerprint density at radius 3 is 1.83 bits per heavy atom. The van der Waals surface area contributed by atoms with Gasteiger partial charge in [0.25, 0.3) is 0 Å². The Labute approximate surface area is 263 Å². The van der Waals surface area contributed by atoms with Gasteiger partial charge in [-0.15, -0.1) is 0 Å². The van der Waals surface area contributed by atoms with Crippen LogP contribution in [0, 0.1) is 13.8 Å². The van der Waals surface area contributed by atoms with Gasteiger partial charge in [0.1, 0.15) is 0 Å². The zero-order valence-electron chi connectivity index (χ0n) is 26.4. The molecule has 12 heteroatoms. The highest BCUT2D eigenvalue weighted by Gasteiger charge is 2.41. The number of H-pyrrole nitrogens is 2. The fourth-order valence-corrected chi connectivity index (χ4v) is 5.88. The smallest absolute Gasteiger partial charge is 0.418 e. The summed E-state index contributed by atoms with van der Waals surface area (Å²) in [5.74, 6) is -0.760. The molecular weight excluding hydrogens is 601 g/mol. The van der Waals surface area contributed by atoms with Crippen molar-refractivity contribution in [3.05, 3.63) is 69.8 Å². The number of carbonyl (C=O) groups excluding carboxylic acids is 2. The highest BCUT2D eigenvalue weighted by molar-refractivity contribution is 5.96. The summed E-state index contributed by atoms with van der Waals surface area (Å²) < 4.78 is 51.4. The van der Waals surface area contributed by atoms with Gasteiger partial charge in [0, 0.05) is 40.5 Å². The molecule has 3 aromatic rings. The minimum absolute atomic E-state index is 0.0852. The van der Waals surface area contributed by atoms with Crippen LogP contribution in [0.1, 0.15) is 85.1 Å². The van der Waals surface area contributed by atoms with Gasteiger partial charge in [-0.25, -0.2) is 9.97 Å². The van der Waals surface area contributed by atoms with Crippen LogP contribution in [0.4, 0.5) is 13.2 Å². The zero-order chi connectivity index (χ0) is 33.5. The number of alkyl halides is 3. The molecule has 5 heterocycles. The molecule has 9 nitrogen and oxygen atoms in total. The van der Waals surface area contributed by atoms with Crippen LogP contribution >= 0.6 is 0 Å². The van der Waals surface area contributed by atoms with Crippen molar-refractivity contribution in [2.75, 3.05) is 14.2 Å². The van der Waals surface area contributed by atoms with Gasteiger partial charge in [0.15, 0.2) is 6.10 Å². The van der Waals surface area contributed by atoms with Crippen molar-refractivity contribution in [1.29, 1.82) is 0 Å². The molecule has 242 valence electrons. The number of carbonyl (C=O) groups is 2. The van der Waals surface area contributed by atoms with Crippen LogP contribution < -0.4 is 0 Å². The maximum Gasteiger partial charge on any atom is 0.418 e. The van der Waals surface area contributed by atoms with Gasteiger partial charge >= 0.3 is 18.1 Å². The number of methoxy groups -OCH3 is 2. The number of aromatic amines is 2. The number of aliphatic hydroxyl groups excluding tert-OH is 1. The number of hydrogen-bond donors (Lipinski definition) is 3. The molecule has 1 atom stereocenters. The molecule has 0 saturated carbocycles. The molecule has 0 aliphatic carbocycles. The van der Waals surface area contributed by atoms with Crippen molar-refractivity contribution in [3.63, 3.8) is 0 Å². The summed E-state index contributed by atoms with van der Waals surface area (Å²) >= 11 is 0. The fourth-order valence-electron chi connectivity index (χ4n) is 5.88. The molecule has 0 radical (unpaired) electrons. The van der Waals surface area contributed by atoms with Crippen molar-refractivity contribution >= 4 is 56.3 Å². The number of ether oxygens (including phenoxy) is 2. The number of fused-ring (bicyclic) bond motifs is 8. The highest BCUT2D eigenvalue weighted by Crippen LogP contribution is 2.40. The first kappa shape index (κ1) is 32.7. The van der Waals surface area contributed by atoms with Crippen LogP contribution in [0.3, 0.4) is 0 Å². The number of rotatable bonds is 7. The van der Waals surface area contributed by atoms with Crippen molar-refractivity contribution in [3.8, 4) is 0 Å². The monoisotopic (exact) mass is 636 g/mol. The first-order valence-electron chi connectivity index (χ1n) is 14.7. The average molecular weight is 637 g/mol. The minimum Gasteiger partial charge on any atom is -0.469 e. The van der Waals surface area contributed by atoms with Gasteiger partial charge in [-0.2, -0.15) is 13.2 Å². The lowest BCUT2D eigenvalue weighted by Gasteiger charge is -2.14. The molecular formula is C34H35F3N4O5. The quantitative estimate of drug-likeness (QED) is 0.232. The summed E-state index contributed by atoms with van der Waals surface area (Å²) in [6, 6.07) is 8.70. The molecule has 8 bridgehead atoms. The van der Waals surface area contributed by atoms with E-state index in [1.165, 1.54) is 21.1 Å². The van der Waals surface area contributed by atoms with Gasteiger partial charge in [-0.3, -0.25) is 9.59 Å². The van der Waals surface area contributed by atoms with Gasteiger partial charge in [-0.1, -0.05) is 0 Å². The van der Waals surface area contributed by atoms with E-state index in [2.05, 4.69) is 9.97 Å². The molecule has 2 aliphatic heterocycles. The van der Waals surface area contributed by atoms with E-state index < -0.39 is 18.2 Å². The third kappa shape index (κ3) is 6.34. The maximum atomic E-state index is 13.9. The van der Waals surface area contributed by atoms with Crippen molar-refractivity contribution in [2.24, 2.45) is 0 Å². The van der Waals surface area contributed by atoms with Crippen LogP contribution in [0.25, 0.3) is 44.4 Å². The maximum absolute atomic E-state index is 13.9. The summed E-state index contributed by atoms with van der Waals surface area (Å²) in [5, 5.41) is 10.4. The standard InChI is InChI=1S/C34H35F3N4O5/c1-16-11-20-12-24-17(2)21(7-9-30(42)45-5)27(39-24)15-28-22(8-10-31(43)46-6)18(3)25(40-28)14-26-19(4)32(33(44)34(35,36)37)29(41-26)13-23(16)38-20/h11-15,33,38,41,44H,7-10H2,1-6H3. The minimum atomic E-state index is -4.89. The summed E-state index contributed by atoms with van der Waals surface area (Å²) in [4.78, 5) is 40.3. The first-order chi connectivity index (χ1) is 21.7. The molecule has 3 N–H and O–H groups in total. The van der Waals surface area contributed by atoms with Crippen LogP contribution in [-0.2, 0) is 19.1 Å². The Kier molecular flexibility index (Phi) is 8.94. The third-order valence-corrected chi connectivity index (χ3v) is 8.55. The lowest BCUT2D eigenvalue weighted by atomic mass is 9.98. The van der Waals surface area contributed by atoms with Crippen LogP contribution in [-0.4, -0.2) is 57.4 Å². The summed E-state index contributed by atoms with van der Waals surface area (Å²) in [5.41, 5.74) is 7.83. The van der Waals surface area contributed by atoms with Crippen molar-refractivity contribution in [1.82, 2.24) is 19.9 Å². The van der Waals surface area contributed by atoms with Crippen molar-refractivity contribution in [2.45, 2.75) is 65.7 Å². The SMILES string of the molecule is COC(=O)CCC1=C(C)c2cc3cc(C)c(cc4[nH]c(cc5nc(cc1n2)C(CCC(=O)OC)=C5C)c(C)c4C(O)C(F)(F)F)[nH]3. The van der Waals surface area contributed by atoms with Gasteiger partial charge in [-0.05, 0) is 104 Å². The second-order valence-electron chi connectivity index (χ2n) is 11.5. The topological polar surface area (TPSA) is 130 Å². The molecule has 46 heavy (non-hydrogen) atoms. The number of aliphatic hydroxyl groups is 1. The number of halogens is 3. The molecule has 0 amide bonds. The lowest BCUT2D eigenvalue weighted by Crippen LogP contribution is -2.20. The van der Waals surface area contributed by atoms with E-state index in [1.54, 1.807) is 12.1 Å². The molecule has 1 unspecified atom stereocenters. The molecule has 0 spiro atoms. The van der Waals surface area contributed by atoms with Crippen LogP contribution in [0.15, 0.2) is 30.3 Å². The number of nitrogens with one attached hydrogen (secondary N) is 2. The third-order valence-electron chi connectivity index (χ3n) is 8.55. The normalized spacial score (nSPS) is 14.1. The zero-order valence-corrected chi connectivity index (χ0v) is 26.4. The average Bonchev–Trinajstić information content (AvgIpc) is 3.68. The Balaban J connectivity index is 1.87. The molecule has 0 saturated heterocycles. The van der Waals surface area contributed by atoms with E-state index in [9.17, 15) is 27.9 Å². The lowest BCUT2D eigenvalue weighted by molar-refractivity contribution is -0.206. The van der Waals surface area contributed by atoms with Gasteiger partial charge in [0.05, 0.1) is 37.0 Å². The molecule has 0 aromatic carbocycles. The van der Waals surface area contributed by atoms with E-state index >= 15 is 0 Å². The highest BCUT2D eigenvalue weighted by atomic mass is 19.4. The molecule has 3 aromatic heterocycles. The Morgan fingerprint density at radius 2 is 1.30 bits per heavy atom. The van der Waals surface area contributed by atoms with Crippen LogP contribution in [0.2, 0.25) is 0 Å². The first-order valence-corrected chi connectivity index (χ1v) is 14.7. The second-order valence-corrected chi connectivity index (χ2v) is 11.5. The Morgan fingerprint density at radius 1 is 0.761 bits per heavy atom. The van der Waals surface area contributed by atoms with E-state index in [0.717, 1.165) is 27.9 Å². The van der Waals surface area contributed by atoms with Crippen molar-refractivity contribution < 1.29 is 37.3 Å². The van der Waals surface area contributed by atoms with Crippen LogP contribution in [0.5, 0.6) is 0 Å². The predicted octanol–water partition coefficient (Wildman–Crippen LogP) is 7.30. The van der Waals surface area contributed by atoms with E-state index in [0.29, 0.717) is 52.2 Å². The molecule has 2 aliphatic rings. The summed E-state index contributed by atoms with van der Waals surface area (Å²) in [7, 11) is 2.65. The van der Waals surface area contributed by atoms with E-state index in [4.69, 9.17) is 19.4 Å². The predicted molar refractivity (Wildman–Crippen MR) is 169 cm³/mol. The number of hydrogen-bond acceptors (Lipinski definition) is 7. The largest absolute Gasteiger partial charge is 0.469 e. The van der Waals surface area contributed by atoms with E-state index in [1.807, 2.05) is 39.0 Å². The van der Waals surface area contributed by atoms with Gasteiger partial charge in [0.2, 0.25) is 0 Å². The van der Waals surface area contributed by atoms with Gasteiger partial charge < -0.3 is 24.5 Å². The van der Waals surface area contributed by atoms with E-state index in [-0.39, 0.29) is 35.5 Å². The number of aryl methyl sites for hydroxylation is 2. The number of nitrogens with zero attached hydrogens (tertiary/aromatic N) is 2. The Bertz CT molecular complexity index is 1970. The Hall–Kier alpha value is -4.71. The number of esters is 2. The summed E-state index contributed by atoms with van der Waals surface area (Å²) in [6.45, 7) is 7.10. The number of aromatic nitrogens is 4. The molecule has 5 rings (SSSR count). The summed E-state index contributed by atoms with van der Waals surface area (Å²) in [6.07, 6.45) is -6.71. The fraction of sp³-hybridized carbons (Fsp3) is 0.353. The molecule has 0 fully saturated rings. The second kappa shape index (κ2) is 12.6.